The van der Waals surface area contributed by atoms with Crippen molar-refractivity contribution in [2.45, 2.75) is 46.7 Å². The summed E-state index contributed by atoms with van der Waals surface area (Å²) in [6.07, 6.45) is 1.45. The topological polar surface area (TPSA) is 96.0 Å². The van der Waals surface area contributed by atoms with Gasteiger partial charge in [0, 0.05) is 13.1 Å². The van der Waals surface area contributed by atoms with E-state index in [-0.39, 0.29) is 12.5 Å². The zero-order chi connectivity index (χ0) is 25.3. The number of rotatable bonds is 12. The van der Waals surface area contributed by atoms with E-state index in [1.54, 1.807) is 24.3 Å². The van der Waals surface area contributed by atoms with Gasteiger partial charge in [0.05, 0.1) is 18.6 Å². The Morgan fingerprint density at radius 3 is 2.21 bits per heavy atom. The number of sulfonamides is 1. The second-order valence-corrected chi connectivity index (χ2v) is 9.87. The highest BCUT2D eigenvalue weighted by Gasteiger charge is 2.31. The molecular weight excluding hydrogens is 454 g/mol. The predicted molar refractivity (Wildman–Crippen MR) is 134 cm³/mol. The Kier molecular flexibility index (Phi) is 9.92. The largest absolute Gasteiger partial charge is 0.494 e. The van der Waals surface area contributed by atoms with Crippen molar-refractivity contribution in [1.29, 1.82) is 0 Å². The number of amides is 2. The van der Waals surface area contributed by atoms with E-state index in [4.69, 9.17) is 4.74 Å². The average Bonchev–Trinajstić information content (AvgIpc) is 2.79. The quantitative estimate of drug-likeness (QED) is 0.494. The third-order valence-corrected chi connectivity index (χ3v) is 6.59. The molecule has 0 bridgehead atoms. The van der Waals surface area contributed by atoms with E-state index in [0.717, 1.165) is 21.7 Å². The van der Waals surface area contributed by atoms with E-state index in [1.165, 1.54) is 4.90 Å². The second-order valence-electron chi connectivity index (χ2n) is 7.96. The Morgan fingerprint density at radius 2 is 1.68 bits per heavy atom. The predicted octanol–water partition coefficient (Wildman–Crippen LogP) is 3.10. The third-order valence-electron chi connectivity index (χ3n) is 5.45. The smallest absolute Gasteiger partial charge is 0.244 e. The molecule has 0 heterocycles. The third kappa shape index (κ3) is 7.21. The molecule has 0 aromatic heterocycles. The summed E-state index contributed by atoms with van der Waals surface area (Å²) in [7, 11) is -3.77. The Labute approximate surface area is 202 Å². The minimum Gasteiger partial charge on any atom is -0.494 e. The van der Waals surface area contributed by atoms with E-state index >= 15 is 0 Å². The van der Waals surface area contributed by atoms with E-state index in [9.17, 15) is 18.0 Å². The molecule has 0 radical (unpaired) electrons. The Bertz CT molecular complexity index is 1070. The Balaban J connectivity index is 2.42. The number of carbonyl (C=O) groups is 2. The summed E-state index contributed by atoms with van der Waals surface area (Å²) >= 11 is 0. The summed E-state index contributed by atoms with van der Waals surface area (Å²) < 4.78 is 31.8. The lowest BCUT2D eigenvalue weighted by molar-refractivity contribution is -0.140. The van der Waals surface area contributed by atoms with Crippen molar-refractivity contribution in [3.8, 4) is 5.75 Å². The highest BCUT2D eigenvalue weighted by Crippen LogP contribution is 2.23. The number of carbonyl (C=O) groups excluding carboxylic acids is 2. The van der Waals surface area contributed by atoms with Crippen LogP contribution in [0.5, 0.6) is 5.75 Å². The van der Waals surface area contributed by atoms with Crippen LogP contribution >= 0.6 is 0 Å². The normalized spacial score (nSPS) is 12.0. The zero-order valence-corrected chi connectivity index (χ0v) is 21.4. The van der Waals surface area contributed by atoms with Crippen molar-refractivity contribution in [3.05, 3.63) is 59.7 Å². The van der Waals surface area contributed by atoms with E-state index in [0.29, 0.717) is 31.0 Å². The van der Waals surface area contributed by atoms with Crippen molar-refractivity contribution in [2.24, 2.45) is 0 Å². The molecule has 8 nitrogen and oxygen atoms in total. The first-order chi connectivity index (χ1) is 16.1. The molecule has 2 aromatic carbocycles. The van der Waals surface area contributed by atoms with Crippen LogP contribution in [0.1, 0.15) is 38.3 Å². The van der Waals surface area contributed by atoms with Crippen LogP contribution in [0.2, 0.25) is 0 Å². The molecule has 0 fully saturated rings. The Hall–Kier alpha value is -3.07. The molecule has 1 N–H and O–H groups in total. The standard InChI is InChI=1S/C25H35N3O5S/c1-6-23(25(30)26-7-2)27(17-20-12-10-9-11-19(20)4)24(29)18-28(34(5,31)32)21-13-15-22(16-14-21)33-8-3/h9-16,23H,6-8,17-18H2,1-5H3,(H,26,30)/t23-/m0/s1. The van der Waals surface area contributed by atoms with Crippen LogP contribution in [0.15, 0.2) is 48.5 Å². The van der Waals surface area contributed by atoms with Crippen LogP contribution in [0.4, 0.5) is 5.69 Å². The van der Waals surface area contributed by atoms with Gasteiger partial charge in [-0.3, -0.25) is 13.9 Å². The summed E-state index contributed by atoms with van der Waals surface area (Å²) in [6.45, 7) is 8.14. The summed E-state index contributed by atoms with van der Waals surface area (Å²) in [5.41, 5.74) is 2.23. The fraction of sp³-hybridized carbons (Fsp3) is 0.440. The lowest BCUT2D eigenvalue weighted by Crippen LogP contribution is -2.52. The minimum atomic E-state index is -3.77. The van der Waals surface area contributed by atoms with Crippen LogP contribution in [0.3, 0.4) is 0 Å². The number of nitrogens with one attached hydrogen (secondary N) is 1. The molecule has 0 spiro atoms. The van der Waals surface area contributed by atoms with Gasteiger partial charge in [0.1, 0.15) is 18.3 Å². The SMILES string of the molecule is CCNC(=O)[C@H](CC)N(Cc1ccccc1C)C(=O)CN(c1ccc(OCC)cc1)S(C)(=O)=O. The fourth-order valence-corrected chi connectivity index (χ4v) is 4.52. The van der Waals surface area contributed by atoms with Gasteiger partial charge in [-0.2, -0.15) is 0 Å². The highest BCUT2D eigenvalue weighted by atomic mass is 32.2. The van der Waals surface area contributed by atoms with Crippen LogP contribution in [0, 0.1) is 6.92 Å². The number of likely N-dealkylation sites (N-methyl/N-ethyl adjacent to an activating group) is 1. The molecule has 2 rings (SSSR count). The van der Waals surface area contributed by atoms with Crippen LogP contribution in [0.25, 0.3) is 0 Å². The van der Waals surface area contributed by atoms with Crippen molar-refractivity contribution < 1.29 is 22.7 Å². The van der Waals surface area contributed by atoms with Crippen molar-refractivity contribution >= 4 is 27.5 Å². The van der Waals surface area contributed by atoms with Gasteiger partial charge in [-0.05, 0) is 62.6 Å². The highest BCUT2D eigenvalue weighted by molar-refractivity contribution is 7.92. The molecule has 0 saturated carbocycles. The van der Waals surface area contributed by atoms with Gasteiger partial charge in [0.25, 0.3) is 0 Å². The zero-order valence-electron chi connectivity index (χ0n) is 20.6. The van der Waals surface area contributed by atoms with Gasteiger partial charge < -0.3 is 15.0 Å². The van der Waals surface area contributed by atoms with Gasteiger partial charge >= 0.3 is 0 Å². The maximum Gasteiger partial charge on any atom is 0.244 e. The first-order valence-electron chi connectivity index (χ1n) is 11.4. The first-order valence-corrected chi connectivity index (χ1v) is 13.3. The fourth-order valence-electron chi connectivity index (χ4n) is 3.67. The first kappa shape index (κ1) is 27.2. The van der Waals surface area contributed by atoms with E-state index in [2.05, 4.69) is 5.32 Å². The van der Waals surface area contributed by atoms with Gasteiger partial charge in [0.2, 0.25) is 21.8 Å². The molecule has 34 heavy (non-hydrogen) atoms. The molecule has 2 amide bonds. The van der Waals surface area contributed by atoms with Gasteiger partial charge in [0.15, 0.2) is 0 Å². The van der Waals surface area contributed by atoms with Crippen LogP contribution in [-0.2, 0) is 26.2 Å². The molecule has 2 aromatic rings. The summed E-state index contributed by atoms with van der Waals surface area (Å²) in [5.74, 6) is -0.117. The number of ether oxygens (including phenoxy) is 1. The number of hydrogen-bond acceptors (Lipinski definition) is 5. The summed E-state index contributed by atoms with van der Waals surface area (Å²) in [5, 5.41) is 2.79. The second kappa shape index (κ2) is 12.4. The summed E-state index contributed by atoms with van der Waals surface area (Å²) in [6, 6.07) is 13.4. The molecule has 0 saturated heterocycles. The average molecular weight is 490 g/mol. The molecule has 0 aliphatic carbocycles. The number of nitrogens with zero attached hydrogens (tertiary/aromatic N) is 2. The maximum atomic E-state index is 13.6. The van der Waals surface area contributed by atoms with Crippen molar-refractivity contribution in [2.75, 3.05) is 30.3 Å². The van der Waals surface area contributed by atoms with Gasteiger partial charge in [-0.25, -0.2) is 8.42 Å². The monoisotopic (exact) mass is 489 g/mol. The molecular formula is C25H35N3O5S. The molecule has 0 aliphatic rings. The van der Waals surface area contributed by atoms with Crippen molar-refractivity contribution in [1.82, 2.24) is 10.2 Å². The summed E-state index contributed by atoms with van der Waals surface area (Å²) in [4.78, 5) is 27.9. The van der Waals surface area contributed by atoms with E-state index < -0.39 is 28.5 Å². The number of anilines is 1. The number of hydrogen-bond donors (Lipinski definition) is 1. The lowest BCUT2D eigenvalue weighted by atomic mass is 10.1. The number of benzene rings is 2. The van der Waals surface area contributed by atoms with Crippen molar-refractivity contribution in [3.63, 3.8) is 0 Å². The minimum absolute atomic E-state index is 0.196. The molecule has 0 unspecified atom stereocenters. The maximum absolute atomic E-state index is 13.6. The molecule has 0 aliphatic heterocycles. The van der Waals surface area contributed by atoms with Crippen LogP contribution in [-0.4, -0.2) is 57.1 Å². The van der Waals surface area contributed by atoms with Crippen LogP contribution < -0.4 is 14.4 Å². The molecule has 186 valence electrons. The number of aryl methyl sites for hydroxylation is 1. The van der Waals surface area contributed by atoms with E-state index in [1.807, 2.05) is 52.0 Å². The van der Waals surface area contributed by atoms with Gasteiger partial charge in [-0.15, -0.1) is 0 Å². The van der Waals surface area contributed by atoms with Gasteiger partial charge in [-0.1, -0.05) is 31.2 Å². The molecule has 9 heteroatoms. The molecule has 1 atom stereocenters. The Morgan fingerprint density at radius 1 is 1.03 bits per heavy atom. The lowest BCUT2D eigenvalue weighted by Gasteiger charge is -2.33.